The maximum atomic E-state index is 5.29. The molecule has 68 valence electrons. The van der Waals surface area contributed by atoms with Crippen molar-refractivity contribution in [3.05, 3.63) is 42.1 Å². The predicted molar refractivity (Wildman–Crippen MR) is 52.6 cm³/mol. The van der Waals surface area contributed by atoms with Crippen LogP contribution in [-0.2, 0) is 0 Å². The van der Waals surface area contributed by atoms with Crippen molar-refractivity contribution in [2.45, 2.75) is 12.5 Å². The van der Waals surface area contributed by atoms with E-state index >= 15 is 0 Å². The molecule has 1 aliphatic heterocycles. The van der Waals surface area contributed by atoms with E-state index in [1.165, 1.54) is 5.56 Å². The van der Waals surface area contributed by atoms with Gasteiger partial charge < -0.3 is 10.1 Å². The quantitative estimate of drug-likeness (QED) is 0.744. The van der Waals surface area contributed by atoms with Gasteiger partial charge in [0.25, 0.3) is 0 Å². The Hall–Kier alpha value is -1.44. The van der Waals surface area contributed by atoms with Gasteiger partial charge in [-0.15, -0.1) is 0 Å². The van der Waals surface area contributed by atoms with Crippen LogP contribution in [0.25, 0.3) is 0 Å². The highest BCUT2D eigenvalue weighted by Gasteiger charge is 2.15. The molecule has 0 aromatic heterocycles. The minimum Gasteiger partial charge on any atom is -0.496 e. The van der Waals surface area contributed by atoms with Gasteiger partial charge in [-0.25, -0.2) is 0 Å². The molecule has 2 heteroatoms. The van der Waals surface area contributed by atoms with Gasteiger partial charge in [-0.2, -0.15) is 0 Å². The lowest BCUT2D eigenvalue weighted by molar-refractivity contribution is 0.404. The smallest absolute Gasteiger partial charge is 0.124 e. The summed E-state index contributed by atoms with van der Waals surface area (Å²) >= 11 is 0. The van der Waals surface area contributed by atoms with E-state index in [4.69, 9.17) is 4.74 Å². The van der Waals surface area contributed by atoms with Crippen molar-refractivity contribution in [2.24, 2.45) is 0 Å². The lowest BCUT2D eigenvalue weighted by atomic mass is 10.0. The van der Waals surface area contributed by atoms with Gasteiger partial charge in [0.2, 0.25) is 0 Å². The molecule has 1 aliphatic rings. The maximum absolute atomic E-state index is 5.29. The number of para-hydroxylation sites is 1. The molecule has 0 fully saturated rings. The van der Waals surface area contributed by atoms with Gasteiger partial charge in [0.15, 0.2) is 0 Å². The van der Waals surface area contributed by atoms with Crippen molar-refractivity contribution >= 4 is 0 Å². The van der Waals surface area contributed by atoms with Crippen LogP contribution in [0.5, 0.6) is 5.75 Å². The van der Waals surface area contributed by atoms with Gasteiger partial charge in [-0.05, 0) is 18.7 Å². The van der Waals surface area contributed by atoms with Crippen LogP contribution in [0.4, 0.5) is 0 Å². The van der Waals surface area contributed by atoms with Gasteiger partial charge in [-0.1, -0.05) is 24.3 Å². The van der Waals surface area contributed by atoms with Gasteiger partial charge in [-0.3, -0.25) is 0 Å². The Labute approximate surface area is 78.2 Å². The zero-order valence-electron chi connectivity index (χ0n) is 7.66. The minimum atomic E-state index is 0.385. The number of benzene rings is 1. The molecule has 0 radical (unpaired) electrons. The highest BCUT2D eigenvalue weighted by atomic mass is 16.5. The van der Waals surface area contributed by atoms with Crippen molar-refractivity contribution in [2.75, 3.05) is 7.11 Å². The molecule has 13 heavy (non-hydrogen) atoms. The largest absolute Gasteiger partial charge is 0.496 e. The van der Waals surface area contributed by atoms with Crippen LogP contribution < -0.4 is 10.1 Å². The third-order valence-corrected chi connectivity index (χ3v) is 2.30. The van der Waals surface area contributed by atoms with E-state index < -0.39 is 0 Å². The zero-order chi connectivity index (χ0) is 9.10. The number of hydrogen-bond donors (Lipinski definition) is 1. The molecule has 0 bridgehead atoms. The maximum Gasteiger partial charge on any atom is 0.124 e. The van der Waals surface area contributed by atoms with Crippen molar-refractivity contribution in [3.63, 3.8) is 0 Å². The van der Waals surface area contributed by atoms with Crippen LogP contribution in [-0.4, -0.2) is 7.11 Å². The Morgan fingerprint density at radius 1 is 1.38 bits per heavy atom. The third kappa shape index (κ3) is 1.52. The van der Waals surface area contributed by atoms with Crippen LogP contribution >= 0.6 is 0 Å². The molecule has 1 aromatic rings. The first-order valence-corrected chi connectivity index (χ1v) is 4.46. The predicted octanol–water partition coefficient (Wildman–Crippen LogP) is 2.24. The van der Waals surface area contributed by atoms with E-state index in [1.807, 2.05) is 24.4 Å². The summed E-state index contributed by atoms with van der Waals surface area (Å²) in [5, 5.41) is 3.29. The van der Waals surface area contributed by atoms with E-state index in [2.05, 4.69) is 17.5 Å². The van der Waals surface area contributed by atoms with E-state index in [0.717, 1.165) is 12.2 Å². The van der Waals surface area contributed by atoms with E-state index in [-0.39, 0.29) is 0 Å². The second-order valence-corrected chi connectivity index (χ2v) is 3.10. The molecule has 1 atom stereocenters. The topological polar surface area (TPSA) is 21.3 Å². The Morgan fingerprint density at radius 3 is 2.92 bits per heavy atom. The van der Waals surface area contributed by atoms with Crippen LogP contribution in [0, 0.1) is 0 Å². The standard InChI is InChI=1S/C11H13NO/c1-13-11-7-3-2-5-9(11)10-6-4-8-12-10/h2-5,7-8,10,12H,6H2,1H3. The normalized spacial score (nSPS) is 19.9. The van der Waals surface area contributed by atoms with Crippen LogP contribution in [0.1, 0.15) is 18.0 Å². The van der Waals surface area contributed by atoms with E-state index in [0.29, 0.717) is 6.04 Å². The number of hydrogen-bond acceptors (Lipinski definition) is 2. The molecular formula is C11H13NO. The summed E-state index contributed by atoms with van der Waals surface area (Å²) in [6.45, 7) is 0. The molecule has 0 aliphatic carbocycles. The highest BCUT2D eigenvalue weighted by molar-refractivity contribution is 5.37. The molecule has 2 rings (SSSR count). The molecule has 0 amide bonds. The van der Waals surface area contributed by atoms with Gasteiger partial charge >= 0.3 is 0 Å². The molecule has 1 N–H and O–H groups in total. The van der Waals surface area contributed by atoms with E-state index in [1.54, 1.807) is 7.11 Å². The van der Waals surface area contributed by atoms with Crippen molar-refractivity contribution in [1.29, 1.82) is 0 Å². The Balaban J connectivity index is 2.27. The fourth-order valence-corrected chi connectivity index (χ4v) is 1.63. The van der Waals surface area contributed by atoms with E-state index in [9.17, 15) is 0 Å². The lowest BCUT2D eigenvalue weighted by Gasteiger charge is -2.14. The number of methoxy groups -OCH3 is 1. The lowest BCUT2D eigenvalue weighted by Crippen LogP contribution is -2.10. The van der Waals surface area contributed by atoms with Crippen molar-refractivity contribution < 1.29 is 4.74 Å². The molecule has 0 saturated carbocycles. The summed E-state index contributed by atoms with van der Waals surface area (Å²) in [5.74, 6) is 0.962. The number of nitrogens with one attached hydrogen (secondary N) is 1. The first-order chi connectivity index (χ1) is 6.42. The molecule has 2 nitrogen and oxygen atoms in total. The summed E-state index contributed by atoms with van der Waals surface area (Å²) in [7, 11) is 1.71. The monoisotopic (exact) mass is 175 g/mol. The zero-order valence-corrected chi connectivity index (χ0v) is 7.66. The number of rotatable bonds is 2. The fraction of sp³-hybridized carbons (Fsp3) is 0.273. The summed E-state index contributed by atoms with van der Waals surface area (Å²) < 4.78 is 5.29. The first kappa shape index (κ1) is 8.17. The van der Waals surface area contributed by atoms with Crippen molar-refractivity contribution in [3.8, 4) is 5.75 Å². The summed E-state index contributed by atoms with van der Waals surface area (Å²) in [4.78, 5) is 0. The van der Waals surface area contributed by atoms with Crippen molar-refractivity contribution in [1.82, 2.24) is 5.32 Å². The molecule has 1 unspecified atom stereocenters. The molecule has 1 heterocycles. The van der Waals surface area contributed by atoms with Crippen LogP contribution in [0.15, 0.2) is 36.5 Å². The van der Waals surface area contributed by atoms with Gasteiger partial charge in [0.05, 0.1) is 13.2 Å². The van der Waals surface area contributed by atoms with Crippen LogP contribution in [0.3, 0.4) is 0 Å². The Kier molecular flexibility index (Phi) is 2.21. The first-order valence-electron chi connectivity index (χ1n) is 4.46. The summed E-state index contributed by atoms with van der Waals surface area (Å²) in [6, 6.07) is 8.51. The molecule has 0 saturated heterocycles. The molecule has 1 aromatic carbocycles. The average Bonchev–Trinajstić information content (AvgIpc) is 2.70. The minimum absolute atomic E-state index is 0.385. The SMILES string of the molecule is COc1ccccc1C1CC=CN1. The third-order valence-electron chi connectivity index (χ3n) is 2.30. The highest BCUT2D eigenvalue weighted by Crippen LogP contribution is 2.28. The fourth-order valence-electron chi connectivity index (χ4n) is 1.63. The average molecular weight is 175 g/mol. The molecular weight excluding hydrogens is 162 g/mol. The second-order valence-electron chi connectivity index (χ2n) is 3.10. The van der Waals surface area contributed by atoms with Crippen LogP contribution in [0.2, 0.25) is 0 Å². The number of ether oxygens (including phenoxy) is 1. The van der Waals surface area contributed by atoms with Gasteiger partial charge in [0.1, 0.15) is 5.75 Å². The van der Waals surface area contributed by atoms with Gasteiger partial charge in [0, 0.05) is 5.56 Å². The Bertz CT molecular complexity index is 312. The summed E-state index contributed by atoms with van der Waals surface area (Å²) in [6.07, 6.45) is 5.18. The molecule has 0 spiro atoms. The second kappa shape index (κ2) is 3.52. The Morgan fingerprint density at radius 2 is 2.23 bits per heavy atom. The summed E-state index contributed by atoms with van der Waals surface area (Å²) in [5.41, 5.74) is 1.23.